The predicted molar refractivity (Wildman–Crippen MR) is 76.3 cm³/mol. The van der Waals surface area contributed by atoms with Crippen molar-refractivity contribution in [1.82, 2.24) is 0 Å². The van der Waals surface area contributed by atoms with E-state index in [0.29, 0.717) is 11.1 Å². The number of hydrogen-bond donors (Lipinski definition) is 0. The molecule has 19 heavy (non-hydrogen) atoms. The normalized spacial score (nSPS) is 21.3. The highest BCUT2D eigenvalue weighted by atomic mass is 19.1. The summed E-state index contributed by atoms with van der Waals surface area (Å²) in [5, 5.41) is 0. The lowest BCUT2D eigenvalue weighted by Crippen LogP contribution is -2.41. The van der Waals surface area contributed by atoms with Crippen LogP contribution in [0, 0.1) is 12.7 Å². The van der Waals surface area contributed by atoms with Gasteiger partial charge in [-0.2, -0.15) is 0 Å². The third-order valence-electron chi connectivity index (χ3n) is 3.93. The Morgan fingerprint density at radius 3 is 2.26 bits per heavy atom. The molecule has 1 aliphatic rings. The fourth-order valence-corrected chi connectivity index (χ4v) is 1.95. The zero-order valence-electron chi connectivity index (χ0n) is 12.2. The Labute approximate surface area is 114 Å². The SMILES string of the molecule is Cc1cccc(/C=C/B2OC(C)(C)C(C)(C)O2)c1F. The molecule has 4 heteroatoms. The van der Waals surface area contributed by atoms with Gasteiger partial charge in [0.1, 0.15) is 5.82 Å². The predicted octanol–water partition coefficient (Wildman–Crippen LogP) is 3.78. The van der Waals surface area contributed by atoms with Crippen molar-refractivity contribution in [2.75, 3.05) is 0 Å². The van der Waals surface area contributed by atoms with E-state index >= 15 is 0 Å². The van der Waals surface area contributed by atoms with Gasteiger partial charge in [0.2, 0.25) is 0 Å². The highest BCUT2D eigenvalue weighted by Crippen LogP contribution is 2.37. The molecule has 0 spiro atoms. The van der Waals surface area contributed by atoms with Crippen molar-refractivity contribution in [2.24, 2.45) is 0 Å². The van der Waals surface area contributed by atoms with Gasteiger partial charge in [-0.1, -0.05) is 30.3 Å². The molecule has 0 atom stereocenters. The summed E-state index contributed by atoms with van der Waals surface area (Å²) in [4.78, 5) is 0. The van der Waals surface area contributed by atoms with Crippen LogP contribution in [-0.2, 0) is 9.31 Å². The summed E-state index contributed by atoms with van der Waals surface area (Å²) in [6.07, 6.45) is 1.71. The summed E-state index contributed by atoms with van der Waals surface area (Å²) in [6.45, 7) is 9.73. The first kappa shape index (κ1) is 14.3. The molecule has 2 rings (SSSR count). The van der Waals surface area contributed by atoms with E-state index in [4.69, 9.17) is 9.31 Å². The largest absolute Gasteiger partial charge is 0.487 e. The fourth-order valence-electron chi connectivity index (χ4n) is 1.95. The molecule has 2 nitrogen and oxygen atoms in total. The van der Waals surface area contributed by atoms with E-state index in [1.807, 2.05) is 33.8 Å². The maximum absolute atomic E-state index is 13.8. The lowest BCUT2D eigenvalue weighted by molar-refractivity contribution is 0.00578. The molecule has 0 N–H and O–H groups in total. The second-order valence-corrected chi connectivity index (χ2v) is 5.96. The lowest BCUT2D eigenvalue weighted by Gasteiger charge is -2.32. The first-order valence-electron chi connectivity index (χ1n) is 6.52. The van der Waals surface area contributed by atoms with Gasteiger partial charge in [-0.15, -0.1) is 0 Å². The molecule has 1 saturated heterocycles. The molecule has 0 aromatic heterocycles. The van der Waals surface area contributed by atoms with Crippen molar-refractivity contribution in [3.8, 4) is 0 Å². The van der Waals surface area contributed by atoms with Gasteiger partial charge < -0.3 is 9.31 Å². The number of halogens is 1. The molecular formula is C15H20BFO2. The van der Waals surface area contributed by atoms with Crippen molar-refractivity contribution < 1.29 is 13.7 Å². The fraction of sp³-hybridized carbons (Fsp3) is 0.467. The molecule has 1 aromatic carbocycles. The van der Waals surface area contributed by atoms with Crippen LogP contribution in [0.3, 0.4) is 0 Å². The quantitative estimate of drug-likeness (QED) is 0.755. The smallest absolute Gasteiger partial charge is 0.400 e. The van der Waals surface area contributed by atoms with Gasteiger partial charge in [0.15, 0.2) is 0 Å². The van der Waals surface area contributed by atoms with Gasteiger partial charge in [-0.3, -0.25) is 0 Å². The summed E-state index contributed by atoms with van der Waals surface area (Å²) in [5.74, 6) is 1.56. The Hall–Kier alpha value is -1.13. The lowest BCUT2D eigenvalue weighted by atomic mass is 9.89. The molecule has 0 amide bonds. The topological polar surface area (TPSA) is 18.5 Å². The molecular weight excluding hydrogens is 242 g/mol. The van der Waals surface area contributed by atoms with Crippen molar-refractivity contribution in [3.63, 3.8) is 0 Å². The Kier molecular flexibility index (Phi) is 3.58. The third kappa shape index (κ3) is 2.75. The van der Waals surface area contributed by atoms with Crippen LogP contribution >= 0.6 is 0 Å². The Morgan fingerprint density at radius 1 is 1.11 bits per heavy atom. The molecule has 1 aliphatic heterocycles. The maximum atomic E-state index is 13.8. The van der Waals surface area contributed by atoms with Crippen molar-refractivity contribution in [1.29, 1.82) is 0 Å². The minimum atomic E-state index is -0.440. The standard InChI is InChI=1S/C15H20BFO2/c1-11-7-6-8-12(13(11)17)9-10-16-18-14(2,3)15(4,5)19-16/h6-10H,1-5H3/b10-9+. The van der Waals surface area contributed by atoms with E-state index in [2.05, 4.69) is 0 Å². The number of hydrogen-bond acceptors (Lipinski definition) is 2. The summed E-state index contributed by atoms with van der Waals surface area (Å²) in [6, 6.07) is 5.33. The van der Waals surface area contributed by atoms with Gasteiger partial charge in [0.25, 0.3) is 0 Å². The zero-order valence-corrected chi connectivity index (χ0v) is 12.2. The Morgan fingerprint density at radius 2 is 1.68 bits per heavy atom. The van der Waals surface area contributed by atoms with Crippen molar-refractivity contribution in [2.45, 2.75) is 45.8 Å². The van der Waals surface area contributed by atoms with Crippen LogP contribution in [-0.4, -0.2) is 18.3 Å². The minimum Gasteiger partial charge on any atom is -0.400 e. The second-order valence-electron chi connectivity index (χ2n) is 5.96. The number of aryl methyl sites for hydroxylation is 1. The van der Waals surface area contributed by atoms with Gasteiger partial charge in [-0.25, -0.2) is 4.39 Å². The minimum absolute atomic E-state index is 0.199. The molecule has 0 aliphatic carbocycles. The van der Waals surface area contributed by atoms with Crippen molar-refractivity contribution >= 4 is 13.2 Å². The van der Waals surface area contributed by atoms with Crippen LogP contribution in [0.25, 0.3) is 6.08 Å². The van der Waals surface area contributed by atoms with E-state index < -0.39 is 7.12 Å². The van der Waals surface area contributed by atoms with Gasteiger partial charge in [0.05, 0.1) is 11.2 Å². The van der Waals surface area contributed by atoms with E-state index in [9.17, 15) is 4.39 Å². The molecule has 0 saturated carbocycles. The van der Waals surface area contributed by atoms with Crippen molar-refractivity contribution in [3.05, 3.63) is 41.1 Å². The summed E-state index contributed by atoms with van der Waals surface area (Å²) in [5.41, 5.74) is 0.450. The van der Waals surface area contributed by atoms with Crippen LogP contribution in [0.15, 0.2) is 24.2 Å². The van der Waals surface area contributed by atoms with Crippen LogP contribution in [0.4, 0.5) is 4.39 Å². The molecule has 0 radical (unpaired) electrons. The Bertz CT molecular complexity index is 493. The first-order chi connectivity index (χ1) is 8.73. The van der Waals surface area contributed by atoms with Crippen LogP contribution in [0.2, 0.25) is 0 Å². The van der Waals surface area contributed by atoms with Crippen LogP contribution < -0.4 is 0 Å². The van der Waals surface area contributed by atoms with E-state index in [1.165, 1.54) is 0 Å². The van der Waals surface area contributed by atoms with E-state index in [1.54, 1.807) is 31.1 Å². The second kappa shape index (κ2) is 4.76. The monoisotopic (exact) mass is 262 g/mol. The summed E-state index contributed by atoms with van der Waals surface area (Å²) >= 11 is 0. The van der Waals surface area contributed by atoms with E-state index in [-0.39, 0.29) is 17.0 Å². The van der Waals surface area contributed by atoms with E-state index in [0.717, 1.165) is 0 Å². The Balaban J connectivity index is 2.15. The molecule has 1 aromatic rings. The third-order valence-corrected chi connectivity index (χ3v) is 3.93. The highest BCUT2D eigenvalue weighted by molar-refractivity contribution is 6.52. The number of benzene rings is 1. The van der Waals surface area contributed by atoms with Crippen LogP contribution in [0.5, 0.6) is 0 Å². The zero-order chi connectivity index (χ0) is 14.3. The molecule has 102 valence electrons. The highest BCUT2D eigenvalue weighted by Gasteiger charge is 2.49. The molecule has 1 fully saturated rings. The average molecular weight is 262 g/mol. The van der Waals surface area contributed by atoms with Gasteiger partial charge >= 0.3 is 7.12 Å². The van der Waals surface area contributed by atoms with Gasteiger partial charge in [0, 0.05) is 5.56 Å². The number of rotatable bonds is 2. The maximum Gasteiger partial charge on any atom is 0.487 e. The van der Waals surface area contributed by atoms with Gasteiger partial charge in [-0.05, 0) is 40.2 Å². The first-order valence-corrected chi connectivity index (χ1v) is 6.52. The molecule has 0 unspecified atom stereocenters. The van der Waals surface area contributed by atoms with Crippen LogP contribution in [0.1, 0.15) is 38.8 Å². The average Bonchev–Trinajstić information content (AvgIpc) is 2.50. The molecule has 1 heterocycles. The summed E-state index contributed by atoms with van der Waals surface area (Å²) in [7, 11) is -0.440. The molecule has 0 bridgehead atoms. The summed E-state index contributed by atoms with van der Waals surface area (Å²) < 4.78 is 25.5.